The van der Waals surface area contributed by atoms with Gasteiger partial charge in [-0.1, -0.05) is 0 Å². The number of nitrogen functional groups attached to an aromatic ring is 1. The van der Waals surface area contributed by atoms with Crippen LogP contribution in [0, 0.1) is 0 Å². The fourth-order valence-corrected chi connectivity index (χ4v) is 0.878. The molecule has 0 unspecified atom stereocenters. The molecule has 0 fully saturated rings. The summed E-state index contributed by atoms with van der Waals surface area (Å²) in [7, 11) is 0. The first-order valence-electron chi connectivity index (χ1n) is 3.88. The molecule has 0 aliphatic heterocycles. The number of carbonyl (C=O) groups is 2. The second-order valence-electron chi connectivity index (χ2n) is 2.42. The Morgan fingerprint density at radius 2 is 2.29 bits per heavy atom. The monoisotopic (exact) mass is 198 g/mol. The first-order chi connectivity index (χ1) is 6.57. The van der Waals surface area contributed by atoms with Gasteiger partial charge in [0.25, 0.3) is 5.91 Å². The maximum Gasteiger partial charge on any atom is 0.436 e. The van der Waals surface area contributed by atoms with Crippen molar-refractivity contribution in [3.63, 3.8) is 0 Å². The number of aromatic nitrogens is 2. The highest BCUT2D eigenvalue weighted by molar-refractivity contribution is 5.98. The number of nitrogens with two attached hydrogens (primary N) is 2. The summed E-state index contributed by atoms with van der Waals surface area (Å²) >= 11 is 0. The van der Waals surface area contributed by atoms with Gasteiger partial charge < -0.3 is 16.2 Å². The number of nitrogens with zero attached hydrogens (tertiary/aromatic N) is 2. The van der Waals surface area contributed by atoms with Crippen LogP contribution in [0.3, 0.4) is 0 Å². The number of carbonyl (C=O) groups excluding carboxylic acids is 2. The minimum Gasteiger partial charge on any atom is -0.448 e. The maximum absolute atomic E-state index is 11.1. The third-order valence-electron chi connectivity index (χ3n) is 1.51. The van der Waals surface area contributed by atoms with Crippen molar-refractivity contribution in [2.24, 2.45) is 5.73 Å². The lowest BCUT2D eigenvalue weighted by molar-refractivity contribution is 0.100. The molecule has 1 aromatic rings. The molecule has 0 saturated heterocycles. The van der Waals surface area contributed by atoms with Crippen molar-refractivity contribution in [1.82, 2.24) is 9.78 Å². The predicted molar refractivity (Wildman–Crippen MR) is 47.6 cm³/mol. The third kappa shape index (κ3) is 1.65. The van der Waals surface area contributed by atoms with Gasteiger partial charge in [0, 0.05) is 0 Å². The lowest BCUT2D eigenvalue weighted by Gasteiger charge is -2.02. The van der Waals surface area contributed by atoms with E-state index >= 15 is 0 Å². The molecule has 76 valence electrons. The van der Waals surface area contributed by atoms with E-state index in [0.717, 1.165) is 10.9 Å². The van der Waals surface area contributed by atoms with Gasteiger partial charge in [-0.2, -0.15) is 5.10 Å². The maximum atomic E-state index is 11.1. The topological polar surface area (TPSA) is 113 Å². The first-order valence-corrected chi connectivity index (χ1v) is 3.88. The molecular weight excluding hydrogens is 188 g/mol. The minimum absolute atomic E-state index is 0.00180. The molecule has 0 atom stereocenters. The van der Waals surface area contributed by atoms with Gasteiger partial charge in [-0.3, -0.25) is 4.79 Å². The normalized spacial score (nSPS) is 9.79. The Morgan fingerprint density at radius 1 is 1.64 bits per heavy atom. The van der Waals surface area contributed by atoms with Gasteiger partial charge in [0.2, 0.25) is 0 Å². The summed E-state index contributed by atoms with van der Waals surface area (Å²) in [5.41, 5.74) is 10.4. The van der Waals surface area contributed by atoms with E-state index in [1.807, 2.05) is 0 Å². The summed E-state index contributed by atoms with van der Waals surface area (Å²) in [5.74, 6) is -0.853. The molecule has 1 rings (SSSR count). The van der Waals surface area contributed by atoms with Crippen molar-refractivity contribution in [3.8, 4) is 0 Å². The van der Waals surface area contributed by atoms with Gasteiger partial charge in [-0.05, 0) is 6.92 Å². The van der Waals surface area contributed by atoms with E-state index in [0.29, 0.717) is 0 Å². The molecule has 14 heavy (non-hydrogen) atoms. The lowest BCUT2D eigenvalue weighted by Crippen LogP contribution is -2.19. The summed E-state index contributed by atoms with van der Waals surface area (Å²) in [6, 6.07) is 0. The van der Waals surface area contributed by atoms with E-state index in [9.17, 15) is 9.59 Å². The van der Waals surface area contributed by atoms with Crippen molar-refractivity contribution in [2.45, 2.75) is 6.92 Å². The molecule has 4 N–H and O–H groups in total. The van der Waals surface area contributed by atoms with Crippen molar-refractivity contribution in [2.75, 3.05) is 12.3 Å². The first kappa shape index (κ1) is 10.0. The molecule has 0 bridgehead atoms. The van der Waals surface area contributed by atoms with E-state index in [1.165, 1.54) is 0 Å². The summed E-state index contributed by atoms with van der Waals surface area (Å²) in [6.07, 6.45) is 0.381. The summed E-state index contributed by atoms with van der Waals surface area (Å²) in [6.45, 7) is 1.84. The van der Waals surface area contributed by atoms with Crippen molar-refractivity contribution in [1.29, 1.82) is 0 Å². The Hall–Kier alpha value is -2.05. The van der Waals surface area contributed by atoms with Crippen LogP contribution < -0.4 is 11.5 Å². The third-order valence-corrected chi connectivity index (χ3v) is 1.51. The standard InChI is InChI=1S/C7H10N4O3/c1-2-14-7(13)11-5(8)4(3-10-11)6(9)12/h3H,2,8H2,1H3,(H2,9,12). The van der Waals surface area contributed by atoms with Crippen LogP contribution in [0.25, 0.3) is 0 Å². The minimum atomic E-state index is -0.738. The van der Waals surface area contributed by atoms with Crippen LogP contribution in [0.4, 0.5) is 10.6 Å². The molecule has 0 aromatic carbocycles. The van der Waals surface area contributed by atoms with Crippen LogP contribution in [0.1, 0.15) is 17.3 Å². The van der Waals surface area contributed by atoms with Gasteiger partial charge in [0.05, 0.1) is 12.8 Å². The Bertz CT molecular complexity index is 371. The van der Waals surface area contributed by atoms with Gasteiger partial charge in [0.1, 0.15) is 11.4 Å². The zero-order valence-corrected chi connectivity index (χ0v) is 7.56. The lowest BCUT2D eigenvalue weighted by atomic mass is 10.3. The van der Waals surface area contributed by atoms with Gasteiger partial charge >= 0.3 is 6.09 Å². The van der Waals surface area contributed by atoms with Crippen LogP contribution in [0.5, 0.6) is 0 Å². The van der Waals surface area contributed by atoms with E-state index < -0.39 is 12.0 Å². The fourth-order valence-electron chi connectivity index (χ4n) is 0.878. The highest BCUT2D eigenvalue weighted by Crippen LogP contribution is 2.09. The average Bonchev–Trinajstić information content (AvgIpc) is 2.47. The Morgan fingerprint density at radius 3 is 2.71 bits per heavy atom. The largest absolute Gasteiger partial charge is 0.448 e. The van der Waals surface area contributed by atoms with Crippen LogP contribution in [0.15, 0.2) is 6.20 Å². The molecule has 1 aromatic heterocycles. The number of ether oxygens (including phenoxy) is 1. The number of amides is 1. The Labute approximate surface area is 79.6 Å². The zero-order valence-electron chi connectivity index (χ0n) is 7.56. The Balaban J connectivity index is 3.00. The number of primary amides is 1. The summed E-state index contributed by atoms with van der Waals surface area (Å²) < 4.78 is 5.41. The quantitative estimate of drug-likeness (QED) is 0.669. The molecular formula is C7H10N4O3. The summed E-state index contributed by atoms with van der Waals surface area (Å²) in [4.78, 5) is 21.9. The molecule has 7 nitrogen and oxygen atoms in total. The molecule has 0 spiro atoms. The van der Waals surface area contributed by atoms with Gasteiger partial charge in [0.15, 0.2) is 0 Å². The molecule has 0 aliphatic carbocycles. The van der Waals surface area contributed by atoms with Crippen LogP contribution in [-0.2, 0) is 4.74 Å². The molecule has 0 saturated carbocycles. The van der Waals surface area contributed by atoms with Gasteiger partial charge in [-0.25, -0.2) is 4.79 Å². The number of hydrogen-bond acceptors (Lipinski definition) is 5. The number of hydrogen-bond donors (Lipinski definition) is 2. The molecule has 0 aliphatic rings. The molecule has 1 amide bonds. The van der Waals surface area contributed by atoms with Gasteiger partial charge in [-0.15, -0.1) is 4.68 Å². The van der Waals surface area contributed by atoms with Crippen LogP contribution >= 0.6 is 0 Å². The average molecular weight is 198 g/mol. The highest BCUT2D eigenvalue weighted by Gasteiger charge is 2.17. The Kier molecular flexibility index (Phi) is 2.70. The smallest absolute Gasteiger partial charge is 0.436 e. The summed E-state index contributed by atoms with van der Waals surface area (Å²) in [5, 5.41) is 3.57. The van der Waals surface area contributed by atoms with Crippen LogP contribution in [0.2, 0.25) is 0 Å². The molecule has 0 radical (unpaired) electrons. The second kappa shape index (κ2) is 3.77. The van der Waals surface area contributed by atoms with Crippen molar-refractivity contribution < 1.29 is 14.3 Å². The zero-order chi connectivity index (χ0) is 10.7. The number of anilines is 1. The van der Waals surface area contributed by atoms with Crippen LogP contribution in [-0.4, -0.2) is 28.4 Å². The second-order valence-corrected chi connectivity index (χ2v) is 2.42. The molecule has 1 heterocycles. The van der Waals surface area contributed by atoms with E-state index in [4.69, 9.17) is 11.5 Å². The fraction of sp³-hybridized carbons (Fsp3) is 0.286. The molecule has 7 heteroatoms. The number of rotatable bonds is 2. The highest BCUT2D eigenvalue weighted by atomic mass is 16.6. The predicted octanol–water partition coefficient (Wildman–Crippen LogP) is -0.431. The van der Waals surface area contributed by atoms with E-state index in [-0.39, 0.29) is 18.0 Å². The van der Waals surface area contributed by atoms with Crippen molar-refractivity contribution in [3.05, 3.63) is 11.8 Å². The van der Waals surface area contributed by atoms with E-state index in [1.54, 1.807) is 6.92 Å². The SMILES string of the molecule is CCOC(=O)n1ncc(C(N)=O)c1N. The van der Waals surface area contributed by atoms with Crippen molar-refractivity contribution >= 4 is 17.8 Å². The van der Waals surface area contributed by atoms with E-state index in [2.05, 4.69) is 9.84 Å².